The van der Waals surface area contributed by atoms with E-state index in [1.807, 2.05) is 43.3 Å². The average molecular weight is 445 g/mol. The number of benzene rings is 3. The maximum Gasteiger partial charge on any atom is 0.257 e. The molecule has 3 aromatic rings. The highest BCUT2D eigenvalue weighted by molar-refractivity contribution is 8.00. The number of rotatable bonds is 6. The monoisotopic (exact) mass is 444 g/mol. The van der Waals surface area contributed by atoms with Gasteiger partial charge in [0.05, 0.1) is 16.3 Å². The van der Waals surface area contributed by atoms with E-state index in [2.05, 4.69) is 10.6 Å². The molecule has 0 bridgehead atoms. The highest BCUT2D eigenvalue weighted by atomic mass is 35.5. The van der Waals surface area contributed by atoms with Crippen molar-refractivity contribution in [2.75, 3.05) is 16.4 Å². The van der Waals surface area contributed by atoms with E-state index in [9.17, 15) is 9.59 Å². The molecule has 4 nitrogen and oxygen atoms in total. The van der Waals surface area contributed by atoms with Crippen molar-refractivity contribution in [2.45, 2.75) is 11.8 Å². The summed E-state index contributed by atoms with van der Waals surface area (Å²) in [5.74, 6) is -0.0972. The predicted octanol–water partition coefficient (Wildman–Crippen LogP) is 6.28. The van der Waals surface area contributed by atoms with E-state index in [4.69, 9.17) is 23.2 Å². The topological polar surface area (TPSA) is 58.2 Å². The Hall–Kier alpha value is -2.47. The molecule has 0 saturated heterocycles. The van der Waals surface area contributed by atoms with Crippen LogP contribution in [0.5, 0.6) is 0 Å². The molecule has 0 aliphatic carbocycles. The second kappa shape index (κ2) is 9.83. The van der Waals surface area contributed by atoms with Crippen molar-refractivity contribution < 1.29 is 9.59 Å². The molecule has 0 saturated carbocycles. The van der Waals surface area contributed by atoms with Gasteiger partial charge in [0, 0.05) is 21.3 Å². The summed E-state index contributed by atoms with van der Waals surface area (Å²) in [7, 11) is 0. The molecule has 29 heavy (non-hydrogen) atoms. The van der Waals surface area contributed by atoms with Crippen molar-refractivity contribution in [1.29, 1.82) is 0 Å². The highest BCUT2D eigenvalue weighted by Crippen LogP contribution is 2.24. The maximum atomic E-state index is 12.3. The van der Waals surface area contributed by atoms with E-state index in [0.717, 1.165) is 16.1 Å². The molecule has 148 valence electrons. The normalized spacial score (nSPS) is 10.4. The largest absolute Gasteiger partial charge is 0.325 e. The van der Waals surface area contributed by atoms with Crippen molar-refractivity contribution in [2.24, 2.45) is 0 Å². The van der Waals surface area contributed by atoms with Crippen LogP contribution in [0.15, 0.2) is 71.6 Å². The van der Waals surface area contributed by atoms with Gasteiger partial charge in [0.2, 0.25) is 5.91 Å². The number of carbonyl (C=O) groups is 2. The number of hydrogen-bond donors (Lipinski definition) is 2. The number of aryl methyl sites for hydroxylation is 1. The van der Waals surface area contributed by atoms with Gasteiger partial charge in [-0.2, -0.15) is 0 Å². The Morgan fingerprint density at radius 2 is 1.66 bits per heavy atom. The van der Waals surface area contributed by atoms with Crippen LogP contribution in [-0.2, 0) is 4.79 Å². The first-order valence-corrected chi connectivity index (χ1v) is 10.5. The second-order valence-corrected chi connectivity index (χ2v) is 8.20. The average Bonchev–Trinajstić information content (AvgIpc) is 2.67. The molecule has 2 amide bonds. The van der Waals surface area contributed by atoms with Crippen LogP contribution in [0.25, 0.3) is 0 Å². The second-order valence-electron chi connectivity index (χ2n) is 6.31. The maximum absolute atomic E-state index is 12.3. The zero-order valence-corrected chi connectivity index (χ0v) is 17.9. The van der Waals surface area contributed by atoms with Crippen molar-refractivity contribution in [3.05, 3.63) is 87.9 Å². The lowest BCUT2D eigenvalue weighted by atomic mass is 10.2. The highest BCUT2D eigenvalue weighted by Gasteiger charge is 2.11. The van der Waals surface area contributed by atoms with Crippen LogP contribution in [0.2, 0.25) is 10.0 Å². The standard InChI is InChI=1S/C22H18Cl2N2O2S/c1-14-3-2-4-17(11-14)25-21(27)13-29-18-8-6-16(7-9-18)26-22(28)19-10-5-15(23)12-20(19)24/h2-12H,13H2,1H3,(H,25,27)(H,26,28). The summed E-state index contributed by atoms with van der Waals surface area (Å²) in [5, 5.41) is 6.44. The first kappa shape index (κ1) is 21.2. The lowest BCUT2D eigenvalue weighted by molar-refractivity contribution is -0.113. The van der Waals surface area contributed by atoms with E-state index in [1.165, 1.54) is 17.8 Å². The van der Waals surface area contributed by atoms with Crippen LogP contribution < -0.4 is 10.6 Å². The lowest BCUT2D eigenvalue weighted by Crippen LogP contribution is -2.14. The SMILES string of the molecule is Cc1cccc(NC(=O)CSc2ccc(NC(=O)c3ccc(Cl)cc3Cl)cc2)c1. The summed E-state index contributed by atoms with van der Waals surface area (Å²) >= 11 is 13.3. The van der Waals surface area contributed by atoms with Gasteiger partial charge in [0.25, 0.3) is 5.91 Å². The number of amides is 2. The molecule has 0 unspecified atom stereocenters. The fourth-order valence-corrected chi connectivity index (χ4v) is 3.77. The predicted molar refractivity (Wildman–Crippen MR) is 121 cm³/mol. The molecule has 0 aliphatic heterocycles. The van der Waals surface area contributed by atoms with Gasteiger partial charge in [-0.15, -0.1) is 11.8 Å². The minimum atomic E-state index is -0.315. The summed E-state index contributed by atoms with van der Waals surface area (Å²) in [5.41, 5.74) is 2.86. The summed E-state index contributed by atoms with van der Waals surface area (Å²) in [6.45, 7) is 1.98. The molecule has 0 spiro atoms. The van der Waals surface area contributed by atoms with Crippen LogP contribution >= 0.6 is 35.0 Å². The lowest BCUT2D eigenvalue weighted by Gasteiger charge is -2.08. The zero-order chi connectivity index (χ0) is 20.8. The smallest absolute Gasteiger partial charge is 0.257 e. The number of hydrogen-bond acceptors (Lipinski definition) is 3. The minimum absolute atomic E-state index is 0.0737. The first-order chi connectivity index (χ1) is 13.9. The van der Waals surface area contributed by atoms with Gasteiger partial charge >= 0.3 is 0 Å². The third-order valence-electron chi connectivity index (χ3n) is 3.96. The molecule has 0 aliphatic rings. The third kappa shape index (κ3) is 6.26. The van der Waals surface area contributed by atoms with Gasteiger partial charge in [-0.1, -0.05) is 35.3 Å². The van der Waals surface area contributed by atoms with Gasteiger partial charge in [-0.3, -0.25) is 9.59 Å². The van der Waals surface area contributed by atoms with E-state index in [0.29, 0.717) is 27.0 Å². The van der Waals surface area contributed by atoms with Gasteiger partial charge < -0.3 is 10.6 Å². The summed E-state index contributed by atoms with van der Waals surface area (Å²) < 4.78 is 0. The summed E-state index contributed by atoms with van der Waals surface area (Å²) in [6.07, 6.45) is 0. The van der Waals surface area contributed by atoms with E-state index in [-0.39, 0.29) is 11.8 Å². The zero-order valence-electron chi connectivity index (χ0n) is 15.5. The number of halogens is 2. The van der Waals surface area contributed by atoms with Crippen molar-refractivity contribution in [1.82, 2.24) is 0 Å². The molecule has 3 aromatic carbocycles. The number of thioether (sulfide) groups is 1. The molecule has 3 rings (SSSR count). The first-order valence-electron chi connectivity index (χ1n) is 8.76. The third-order valence-corrected chi connectivity index (χ3v) is 5.52. The molecule has 7 heteroatoms. The molecule has 2 N–H and O–H groups in total. The quantitative estimate of drug-likeness (QED) is 0.439. The molecule has 0 heterocycles. The fraction of sp³-hybridized carbons (Fsp3) is 0.0909. The number of nitrogens with one attached hydrogen (secondary N) is 2. The minimum Gasteiger partial charge on any atom is -0.325 e. The molecule has 0 aromatic heterocycles. The Bertz CT molecular complexity index is 1040. The van der Waals surface area contributed by atoms with Gasteiger partial charge in [0.15, 0.2) is 0 Å². The van der Waals surface area contributed by atoms with Crippen molar-refractivity contribution >= 4 is 58.2 Å². The van der Waals surface area contributed by atoms with Gasteiger partial charge in [-0.25, -0.2) is 0 Å². The van der Waals surface area contributed by atoms with Crippen LogP contribution in [0, 0.1) is 6.92 Å². The van der Waals surface area contributed by atoms with E-state index >= 15 is 0 Å². The molecule has 0 atom stereocenters. The number of carbonyl (C=O) groups excluding carboxylic acids is 2. The number of anilines is 2. The molecular formula is C22H18Cl2N2O2S. The summed E-state index contributed by atoms with van der Waals surface area (Å²) in [6, 6.07) is 19.7. The van der Waals surface area contributed by atoms with E-state index in [1.54, 1.807) is 24.3 Å². The van der Waals surface area contributed by atoms with Crippen molar-refractivity contribution in [3.8, 4) is 0 Å². The summed E-state index contributed by atoms with van der Waals surface area (Å²) in [4.78, 5) is 25.4. The van der Waals surface area contributed by atoms with Crippen LogP contribution in [-0.4, -0.2) is 17.6 Å². The van der Waals surface area contributed by atoms with Crippen LogP contribution in [0.1, 0.15) is 15.9 Å². The van der Waals surface area contributed by atoms with Gasteiger partial charge in [-0.05, 0) is 67.1 Å². The Kier molecular flexibility index (Phi) is 7.20. The van der Waals surface area contributed by atoms with Crippen molar-refractivity contribution in [3.63, 3.8) is 0 Å². The van der Waals surface area contributed by atoms with Crippen LogP contribution in [0.3, 0.4) is 0 Å². The fourth-order valence-electron chi connectivity index (χ4n) is 2.58. The Labute approximate surface area is 183 Å². The van der Waals surface area contributed by atoms with Gasteiger partial charge in [0.1, 0.15) is 0 Å². The molecular weight excluding hydrogens is 427 g/mol. The Balaban J connectivity index is 1.53. The molecule has 0 fully saturated rings. The Morgan fingerprint density at radius 3 is 2.34 bits per heavy atom. The van der Waals surface area contributed by atoms with E-state index < -0.39 is 0 Å². The molecule has 0 radical (unpaired) electrons. The van der Waals surface area contributed by atoms with Crippen LogP contribution in [0.4, 0.5) is 11.4 Å². The Morgan fingerprint density at radius 1 is 0.897 bits per heavy atom.